The van der Waals surface area contributed by atoms with Crippen molar-refractivity contribution in [2.45, 2.75) is 31.0 Å². The lowest BCUT2D eigenvalue weighted by Crippen LogP contribution is -2.38. The number of halogens is 1. The Morgan fingerprint density at radius 2 is 1.82 bits per heavy atom. The minimum atomic E-state index is -0.0243. The van der Waals surface area contributed by atoms with Gasteiger partial charge >= 0.3 is 0 Å². The van der Waals surface area contributed by atoms with Gasteiger partial charge in [0.15, 0.2) is 0 Å². The van der Waals surface area contributed by atoms with Gasteiger partial charge in [-0.25, -0.2) is 0 Å². The fraction of sp³-hybridized carbons (Fsp3) is 0.500. The van der Waals surface area contributed by atoms with Crippen LogP contribution in [0.3, 0.4) is 0 Å². The second-order valence-corrected chi connectivity index (χ2v) is 5.58. The SMILES string of the molecule is CCC(Br)C(=O)N1CCc2ccccc2CC1. The number of alkyl halides is 1. The van der Waals surface area contributed by atoms with E-state index in [1.165, 1.54) is 11.1 Å². The van der Waals surface area contributed by atoms with Crippen LogP contribution in [0.1, 0.15) is 24.5 Å². The Labute approximate surface area is 111 Å². The molecule has 1 unspecified atom stereocenters. The summed E-state index contributed by atoms with van der Waals surface area (Å²) in [6.07, 6.45) is 2.80. The molecule has 0 aliphatic carbocycles. The topological polar surface area (TPSA) is 20.3 Å². The van der Waals surface area contributed by atoms with Gasteiger partial charge in [-0.15, -0.1) is 0 Å². The average molecular weight is 296 g/mol. The molecule has 92 valence electrons. The number of hydrogen-bond acceptors (Lipinski definition) is 1. The van der Waals surface area contributed by atoms with E-state index >= 15 is 0 Å². The summed E-state index contributed by atoms with van der Waals surface area (Å²) < 4.78 is 0. The van der Waals surface area contributed by atoms with Crippen molar-refractivity contribution >= 4 is 21.8 Å². The molecule has 1 aliphatic rings. The molecule has 1 heterocycles. The van der Waals surface area contributed by atoms with E-state index in [0.717, 1.165) is 32.4 Å². The monoisotopic (exact) mass is 295 g/mol. The van der Waals surface area contributed by atoms with Gasteiger partial charge in [0.1, 0.15) is 0 Å². The highest BCUT2D eigenvalue weighted by Gasteiger charge is 2.22. The van der Waals surface area contributed by atoms with Crippen molar-refractivity contribution in [3.05, 3.63) is 35.4 Å². The van der Waals surface area contributed by atoms with E-state index in [-0.39, 0.29) is 10.7 Å². The molecule has 1 aromatic carbocycles. The summed E-state index contributed by atoms with van der Waals surface area (Å²) in [5, 5.41) is 0. The highest BCUT2D eigenvalue weighted by Crippen LogP contribution is 2.17. The summed E-state index contributed by atoms with van der Waals surface area (Å²) >= 11 is 3.45. The van der Waals surface area contributed by atoms with Gasteiger partial charge in [-0.3, -0.25) is 4.79 Å². The van der Waals surface area contributed by atoms with Crippen LogP contribution in [0.15, 0.2) is 24.3 Å². The van der Waals surface area contributed by atoms with Gasteiger partial charge in [0.05, 0.1) is 4.83 Å². The molecule has 2 rings (SSSR count). The van der Waals surface area contributed by atoms with E-state index in [1.54, 1.807) is 0 Å². The van der Waals surface area contributed by atoms with Crippen LogP contribution in [-0.4, -0.2) is 28.7 Å². The van der Waals surface area contributed by atoms with Crippen molar-refractivity contribution in [3.63, 3.8) is 0 Å². The maximum Gasteiger partial charge on any atom is 0.236 e. The predicted octanol–water partition coefficient (Wildman–Crippen LogP) is 2.79. The van der Waals surface area contributed by atoms with Crippen LogP contribution in [0.4, 0.5) is 0 Å². The zero-order chi connectivity index (χ0) is 12.3. The lowest BCUT2D eigenvalue weighted by atomic mass is 10.0. The van der Waals surface area contributed by atoms with Crippen LogP contribution in [-0.2, 0) is 17.6 Å². The summed E-state index contributed by atoms with van der Waals surface area (Å²) in [6.45, 7) is 3.72. The summed E-state index contributed by atoms with van der Waals surface area (Å²) in [5.41, 5.74) is 2.79. The first-order valence-corrected chi connectivity index (χ1v) is 7.13. The molecule has 3 heteroatoms. The molecule has 1 atom stereocenters. The Hall–Kier alpha value is -0.830. The third kappa shape index (κ3) is 2.89. The number of amides is 1. The molecule has 0 aromatic heterocycles. The zero-order valence-electron chi connectivity index (χ0n) is 10.2. The first-order chi connectivity index (χ1) is 8.22. The van der Waals surface area contributed by atoms with Gasteiger partial charge in [-0.1, -0.05) is 47.1 Å². The van der Waals surface area contributed by atoms with Crippen molar-refractivity contribution in [2.75, 3.05) is 13.1 Å². The molecule has 0 saturated carbocycles. The molecule has 2 nitrogen and oxygen atoms in total. The molecule has 0 fully saturated rings. The molecule has 0 saturated heterocycles. The van der Waals surface area contributed by atoms with Gasteiger partial charge in [0.2, 0.25) is 5.91 Å². The maximum absolute atomic E-state index is 12.1. The number of carbonyl (C=O) groups is 1. The molecule has 0 radical (unpaired) electrons. The third-order valence-electron chi connectivity index (χ3n) is 3.36. The summed E-state index contributed by atoms with van der Waals surface area (Å²) in [7, 11) is 0. The highest BCUT2D eigenvalue weighted by atomic mass is 79.9. The molecule has 0 N–H and O–H groups in total. The number of benzene rings is 1. The second kappa shape index (κ2) is 5.67. The largest absolute Gasteiger partial charge is 0.341 e. The van der Waals surface area contributed by atoms with Gasteiger partial charge in [-0.2, -0.15) is 0 Å². The summed E-state index contributed by atoms with van der Waals surface area (Å²) in [4.78, 5) is 14.1. The first-order valence-electron chi connectivity index (χ1n) is 6.22. The lowest BCUT2D eigenvalue weighted by Gasteiger charge is -2.22. The van der Waals surface area contributed by atoms with Crippen LogP contribution in [0.2, 0.25) is 0 Å². The van der Waals surface area contributed by atoms with E-state index < -0.39 is 0 Å². The number of rotatable bonds is 2. The number of fused-ring (bicyclic) bond motifs is 1. The summed E-state index contributed by atoms with van der Waals surface area (Å²) in [6, 6.07) is 8.51. The van der Waals surface area contributed by atoms with E-state index in [1.807, 2.05) is 11.8 Å². The van der Waals surface area contributed by atoms with Crippen molar-refractivity contribution < 1.29 is 4.79 Å². The van der Waals surface area contributed by atoms with Crippen LogP contribution in [0.5, 0.6) is 0 Å². The van der Waals surface area contributed by atoms with Crippen LogP contribution >= 0.6 is 15.9 Å². The fourth-order valence-electron chi connectivity index (χ4n) is 2.26. The molecule has 1 amide bonds. The van der Waals surface area contributed by atoms with E-state index in [4.69, 9.17) is 0 Å². The molecule has 0 bridgehead atoms. The van der Waals surface area contributed by atoms with Gasteiger partial charge in [0, 0.05) is 13.1 Å². The summed E-state index contributed by atoms with van der Waals surface area (Å²) in [5.74, 6) is 0.236. The zero-order valence-corrected chi connectivity index (χ0v) is 11.7. The van der Waals surface area contributed by atoms with E-state index in [2.05, 4.69) is 40.2 Å². The highest BCUT2D eigenvalue weighted by molar-refractivity contribution is 9.10. The van der Waals surface area contributed by atoms with Crippen molar-refractivity contribution in [2.24, 2.45) is 0 Å². The Morgan fingerprint density at radius 3 is 2.29 bits per heavy atom. The van der Waals surface area contributed by atoms with Crippen molar-refractivity contribution in [3.8, 4) is 0 Å². The molecular formula is C14H18BrNO. The third-order valence-corrected chi connectivity index (χ3v) is 4.40. The van der Waals surface area contributed by atoms with Gasteiger partial charge in [-0.05, 0) is 30.4 Å². The van der Waals surface area contributed by atoms with Gasteiger partial charge in [0.25, 0.3) is 0 Å². The quantitative estimate of drug-likeness (QED) is 0.769. The molecule has 1 aromatic rings. The number of hydrogen-bond donors (Lipinski definition) is 0. The maximum atomic E-state index is 12.1. The van der Waals surface area contributed by atoms with Crippen molar-refractivity contribution in [1.82, 2.24) is 4.90 Å². The minimum Gasteiger partial charge on any atom is -0.341 e. The molecule has 1 aliphatic heterocycles. The average Bonchev–Trinajstić information content (AvgIpc) is 2.59. The van der Waals surface area contributed by atoms with Gasteiger partial charge < -0.3 is 4.90 Å². The Morgan fingerprint density at radius 1 is 1.29 bits per heavy atom. The van der Waals surface area contributed by atoms with Crippen LogP contribution < -0.4 is 0 Å². The molecular weight excluding hydrogens is 278 g/mol. The van der Waals surface area contributed by atoms with Crippen molar-refractivity contribution in [1.29, 1.82) is 0 Å². The standard InChI is InChI=1S/C14H18BrNO/c1-2-13(15)14(17)16-9-7-11-5-3-4-6-12(11)8-10-16/h3-6,13H,2,7-10H2,1H3. The molecule has 0 spiro atoms. The van der Waals surface area contributed by atoms with E-state index in [9.17, 15) is 4.79 Å². The Balaban J connectivity index is 2.06. The smallest absolute Gasteiger partial charge is 0.236 e. The molecule has 17 heavy (non-hydrogen) atoms. The Bertz CT molecular complexity index is 378. The normalized spacial score (nSPS) is 17.2. The minimum absolute atomic E-state index is 0.0243. The fourth-order valence-corrected chi connectivity index (χ4v) is 2.55. The second-order valence-electron chi connectivity index (χ2n) is 4.47. The predicted molar refractivity (Wildman–Crippen MR) is 73.4 cm³/mol. The van der Waals surface area contributed by atoms with Crippen LogP contribution in [0.25, 0.3) is 0 Å². The number of nitrogens with zero attached hydrogens (tertiary/aromatic N) is 1. The number of carbonyl (C=O) groups excluding carboxylic acids is 1. The van der Waals surface area contributed by atoms with E-state index in [0.29, 0.717) is 0 Å². The Kier molecular flexibility index (Phi) is 4.21. The lowest BCUT2D eigenvalue weighted by molar-refractivity contribution is -0.130. The van der Waals surface area contributed by atoms with Crippen LogP contribution in [0, 0.1) is 0 Å². The first kappa shape index (κ1) is 12.6.